The molecule has 0 aliphatic rings. The van der Waals surface area contributed by atoms with Gasteiger partial charge in [0.2, 0.25) is 0 Å². The molecule has 0 saturated carbocycles. The second-order valence-electron chi connectivity index (χ2n) is 4.92. The minimum Gasteiger partial charge on any atom is -0.489 e. The smallest absolute Gasteiger partial charge is 0.168 e. The van der Waals surface area contributed by atoms with E-state index in [9.17, 15) is 4.79 Å². The van der Waals surface area contributed by atoms with Gasteiger partial charge in [-0.05, 0) is 37.6 Å². The fourth-order valence-corrected chi connectivity index (χ4v) is 1.90. The van der Waals surface area contributed by atoms with Crippen molar-refractivity contribution < 1.29 is 9.53 Å². The first-order chi connectivity index (χ1) is 9.54. The number of carbonyl (C=O) groups excluding carboxylic acids is 1. The minimum absolute atomic E-state index is 0.00249. The number of nitrogen functional groups attached to an aromatic ring is 1. The molecule has 0 unspecified atom stereocenters. The van der Waals surface area contributed by atoms with E-state index in [-0.39, 0.29) is 11.9 Å². The van der Waals surface area contributed by atoms with Crippen molar-refractivity contribution in [3.63, 3.8) is 0 Å². The first-order valence-electron chi connectivity index (χ1n) is 6.54. The van der Waals surface area contributed by atoms with E-state index in [0.29, 0.717) is 23.4 Å². The van der Waals surface area contributed by atoms with Crippen LogP contribution in [0.2, 0.25) is 0 Å². The predicted octanol–water partition coefficient (Wildman–Crippen LogP) is 2.88. The number of ketones is 1. The van der Waals surface area contributed by atoms with Crippen LogP contribution in [0.25, 0.3) is 0 Å². The molecule has 0 aliphatic carbocycles. The van der Waals surface area contributed by atoms with Gasteiger partial charge in [-0.25, -0.2) is 0 Å². The van der Waals surface area contributed by atoms with E-state index < -0.39 is 0 Å². The number of benzene rings is 1. The van der Waals surface area contributed by atoms with Crippen LogP contribution in [0.15, 0.2) is 42.7 Å². The molecule has 0 atom stereocenters. The number of pyridine rings is 1. The van der Waals surface area contributed by atoms with Crippen molar-refractivity contribution >= 4 is 11.5 Å². The summed E-state index contributed by atoms with van der Waals surface area (Å²) in [6.45, 7) is 3.86. The maximum atomic E-state index is 12.2. The zero-order valence-corrected chi connectivity index (χ0v) is 11.7. The van der Waals surface area contributed by atoms with Crippen LogP contribution in [0.1, 0.15) is 29.8 Å². The Morgan fingerprint density at radius 3 is 2.80 bits per heavy atom. The van der Waals surface area contributed by atoms with Crippen LogP contribution in [0.4, 0.5) is 5.69 Å². The first-order valence-corrected chi connectivity index (χ1v) is 6.54. The number of hydrogen-bond donors (Lipinski definition) is 1. The topological polar surface area (TPSA) is 65.2 Å². The van der Waals surface area contributed by atoms with Gasteiger partial charge in [0.15, 0.2) is 5.78 Å². The molecular formula is C16H18N2O2. The van der Waals surface area contributed by atoms with Crippen LogP contribution in [0.5, 0.6) is 5.75 Å². The van der Waals surface area contributed by atoms with E-state index in [0.717, 1.165) is 5.56 Å². The maximum absolute atomic E-state index is 12.2. The molecule has 4 heteroatoms. The highest BCUT2D eigenvalue weighted by Crippen LogP contribution is 2.16. The summed E-state index contributed by atoms with van der Waals surface area (Å²) >= 11 is 0. The lowest BCUT2D eigenvalue weighted by atomic mass is 10.0. The molecule has 4 nitrogen and oxygen atoms in total. The van der Waals surface area contributed by atoms with Crippen LogP contribution in [-0.2, 0) is 6.42 Å². The molecule has 0 spiro atoms. The van der Waals surface area contributed by atoms with Gasteiger partial charge < -0.3 is 10.5 Å². The third-order valence-corrected chi connectivity index (χ3v) is 2.72. The Kier molecular flexibility index (Phi) is 4.35. The first kappa shape index (κ1) is 14.1. The van der Waals surface area contributed by atoms with Crippen molar-refractivity contribution in [1.82, 2.24) is 4.98 Å². The summed E-state index contributed by atoms with van der Waals surface area (Å²) in [5.74, 6) is 0.607. The number of rotatable bonds is 5. The molecule has 104 valence electrons. The lowest BCUT2D eigenvalue weighted by Gasteiger charge is -2.10. The van der Waals surface area contributed by atoms with Gasteiger partial charge in [0.1, 0.15) is 5.75 Å². The molecule has 0 aliphatic heterocycles. The van der Waals surface area contributed by atoms with Crippen LogP contribution in [0, 0.1) is 0 Å². The van der Waals surface area contributed by atoms with Crippen molar-refractivity contribution in [2.75, 3.05) is 5.73 Å². The van der Waals surface area contributed by atoms with E-state index in [4.69, 9.17) is 10.5 Å². The van der Waals surface area contributed by atoms with E-state index in [2.05, 4.69) is 4.98 Å². The molecule has 0 amide bonds. The van der Waals surface area contributed by atoms with Gasteiger partial charge >= 0.3 is 0 Å². The van der Waals surface area contributed by atoms with Gasteiger partial charge in [-0.3, -0.25) is 9.78 Å². The molecular weight excluding hydrogens is 252 g/mol. The lowest BCUT2D eigenvalue weighted by molar-refractivity contribution is 0.0992. The van der Waals surface area contributed by atoms with E-state index >= 15 is 0 Å². The van der Waals surface area contributed by atoms with E-state index in [1.54, 1.807) is 30.6 Å². The highest BCUT2D eigenvalue weighted by atomic mass is 16.5. The third-order valence-electron chi connectivity index (χ3n) is 2.72. The molecule has 1 aromatic carbocycles. The quantitative estimate of drug-likeness (QED) is 0.670. The Hall–Kier alpha value is -2.36. The molecule has 0 saturated heterocycles. The molecule has 1 aromatic heterocycles. The average Bonchev–Trinajstić information content (AvgIpc) is 2.38. The summed E-state index contributed by atoms with van der Waals surface area (Å²) in [4.78, 5) is 16.3. The summed E-state index contributed by atoms with van der Waals surface area (Å²) in [6, 6.07) is 9.05. The Morgan fingerprint density at radius 2 is 2.10 bits per heavy atom. The highest BCUT2D eigenvalue weighted by Gasteiger charge is 2.09. The number of aromatic nitrogens is 1. The van der Waals surface area contributed by atoms with Crippen molar-refractivity contribution in [3.8, 4) is 5.75 Å². The normalized spacial score (nSPS) is 10.6. The molecule has 2 N–H and O–H groups in total. The van der Waals surface area contributed by atoms with Crippen molar-refractivity contribution in [2.45, 2.75) is 26.4 Å². The van der Waals surface area contributed by atoms with Crippen molar-refractivity contribution in [2.24, 2.45) is 0 Å². The number of nitrogens with two attached hydrogens (primary N) is 1. The molecule has 1 heterocycles. The number of hydrogen-bond acceptors (Lipinski definition) is 4. The van der Waals surface area contributed by atoms with Gasteiger partial charge in [0.05, 0.1) is 12.3 Å². The molecule has 0 bridgehead atoms. The zero-order valence-electron chi connectivity index (χ0n) is 11.7. The summed E-state index contributed by atoms with van der Waals surface area (Å²) in [5, 5.41) is 0. The molecule has 2 rings (SSSR count). The Bertz CT molecular complexity index is 609. The van der Waals surface area contributed by atoms with Gasteiger partial charge in [-0.15, -0.1) is 0 Å². The number of nitrogens with zero attached hydrogens (tertiary/aromatic N) is 1. The largest absolute Gasteiger partial charge is 0.489 e. The van der Waals surface area contributed by atoms with Gasteiger partial charge in [0.25, 0.3) is 0 Å². The van der Waals surface area contributed by atoms with Gasteiger partial charge in [-0.2, -0.15) is 0 Å². The van der Waals surface area contributed by atoms with Crippen molar-refractivity contribution in [1.29, 1.82) is 0 Å². The lowest BCUT2D eigenvalue weighted by Crippen LogP contribution is -2.08. The molecule has 20 heavy (non-hydrogen) atoms. The average molecular weight is 270 g/mol. The second kappa shape index (κ2) is 6.19. The minimum atomic E-state index is -0.00249. The van der Waals surface area contributed by atoms with E-state index in [1.165, 1.54) is 0 Å². The molecule has 0 fully saturated rings. The van der Waals surface area contributed by atoms with Crippen LogP contribution >= 0.6 is 0 Å². The van der Waals surface area contributed by atoms with Crippen LogP contribution in [0.3, 0.4) is 0 Å². The van der Waals surface area contributed by atoms with Crippen molar-refractivity contribution in [3.05, 3.63) is 53.9 Å². The maximum Gasteiger partial charge on any atom is 0.168 e. The SMILES string of the molecule is CC(C)Oc1cncc(C(=O)Cc2cccc(N)c2)c1. The number of anilines is 1. The Morgan fingerprint density at radius 1 is 1.30 bits per heavy atom. The standard InChI is InChI=1S/C16H18N2O2/c1-11(2)20-15-8-13(9-18-10-15)16(19)7-12-4-3-5-14(17)6-12/h3-6,8-11H,7,17H2,1-2H3. The van der Waals surface area contributed by atoms with Gasteiger partial charge in [0, 0.05) is 23.9 Å². The second-order valence-corrected chi connectivity index (χ2v) is 4.92. The summed E-state index contributed by atoms with van der Waals surface area (Å²) in [6.07, 6.45) is 3.52. The molecule has 0 radical (unpaired) electrons. The summed E-state index contributed by atoms with van der Waals surface area (Å²) in [5.41, 5.74) is 7.81. The molecule has 2 aromatic rings. The van der Waals surface area contributed by atoms with Gasteiger partial charge in [-0.1, -0.05) is 12.1 Å². The number of Topliss-reactive ketones (excluding diaryl/α,β-unsaturated/α-hetero) is 1. The monoisotopic (exact) mass is 270 g/mol. The fourth-order valence-electron chi connectivity index (χ4n) is 1.90. The van der Waals surface area contributed by atoms with E-state index in [1.807, 2.05) is 26.0 Å². The zero-order chi connectivity index (χ0) is 14.5. The predicted molar refractivity (Wildman–Crippen MR) is 78.9 cm³/mol. The highest BCUT2D eigenvalue weighted by molar-refractivity contribution is 5.97. The summed E-state index contributed by atoms with van der Waals surface area (Å²) < 4.78 is 5.54. The van der Waals surface area contributed by atoms with Crippen LogP contribution in [-0.4, -0.2) is 16.9 Å². The van der Waals surface area contributed by atoms with Crippen LogP contribution < -0.4 is 10.5 Å². The third kappa shape index (κ3) is 3.82. The number of carbonyl (C=O) groups is 1. The summed E-state index contributed by atoms with van der Waals surface area (Å²) in [7, 11) is 0. The Balaban J connectivity index is 2.13. The fraction of sp³-hybridized carbons (Fsp3) is 0.250. The Labute approximate surface area is 118 Å². The number of ether oxygens (including phenoxy) is 1.